The highest BCUT2D eigenvalue weighted by Crippen LogP contribution is 2.30. The molecule has 2 heterocycles. The summed E-state index contributed by atoms with van der Waals surface area (Å²) in [5, 5.41) is 4.50. The molecule has 2 N–H and O–H groups in total. The molecule has 1 aromatic carbocycles. The van der Waals surface area contributed by atoms with Crippen LogP contribution in [-0.2, 0) is 16.0 Å². The predicted octanol–water partition coefficient (Wildman–Crippen LogP) is 1.57. The molecule has 4 nitrogen and oxygen atoms in total. The first kappa shape index (κ1) is 11.3. The van der Waals surface area contributed by atoms with Gasteiger partial charge in [0.15, 0.2) is 0 Å². The Labute approximate surface area is 105 Å². The average molecular weight is 244 g/mol. The normalized spacial score (nSPS) is 19.3. The monoisotopic (exact) mass is 244 g/mol. The minimum Gasteiger partial charge on any atom is -0.468 e. The summed E-state index contributed by atoms with van der Waals surface area (Å²) < 4.78 is 4.90. The van der Waals surface area contributed by atoms with E-state index in [0.29, 0.717) is 6.54 Å². The van der Waals surface area contributed by atoms with Crippen molar-refractivity contribution in [2.45, 2.75) is 12.3 Å². The van der Waals surface area contributed by atoms with Gasteiger partial charge in [-0.05, 0) is 24.6 Å². The summed E-state index contributed by atoms with van der Waals surface area (Å²) in [5.41, 5.74) is 3.34. The highest BCUT2D eigenvalue weighted by Gasteiger charge is 2.28. The average Bonchev–Trinajstić information content (AvgIpc) is 2.64. The van der Waals surface area contributed by atoms with E-state index in [1.54, 1.807) is 0 Å². The quantitative estimate of drug-likeness (QED) is 0.749. The maximum absolute atomic E-state index is 11.9. The van der Waals surface area contributed by atoms with E-state index >= 15 is 0 Å². The van der Waals surface area contributed by atoms with Gasteiger partial charge in [0, 0.05) is 23.1 Å². The standard InChI is InChI=1S/C14H16N2O2/c1-18-14(17)11-8-15-7-6-10-9-4-2-3-5-12(9)16-13(10)11/h2-5,11,15-16H,6-8H2,1H3. The number of aromatic amines is 1. The van der Waals surface area contributed by atoms with E-state index in [1.807, 2.05) is 18.2 Å². The molecule has 2 aromatic rings. The van der Waals surface area contributed by atoms with E-state index < -0.39 is 0 Å². The second-order valence-electron chi connectivity index (χ2n) is 4.59. The van der Waals surface area contributed by atoms with Crippen molar-refractivity contribution in [2.75, 3.05) is 20.2 Å². The van der Waals surface area contributed by atoms with Crippen molar-refractivity contribution in [2.24, 2.45) is 0 Å². The summed E-state index contributed by atoms with van der Waals surface area (Å²) in [6, 6.07) is 8.18. The van der Waals surface area contributed by atoms with Gasteiger partial charge < -0.3 is 15.0 Å². The summed E-state index contributed by atoms with van der Waals surface area (Å²) in [4.78, 5) is 15.3. The van der Waals surface area contributed by atoms with Gasteiger partial charge in [-0.1, -0.05) is 18.2 Å². The van der Waals surface area contributed by atoms with Crippen molar-refractivity contribution in [3.8, 4) is 0 Å². The van der Waals surface area contributed by atoms with Gasteiger partial charge in [-0.25, -0.2) is 0 Å². The molecule has 0 saturated heterocycles. The molecule has 1 aromatic heterocycles. The van der Waals surface area contributed by atoms with Crippen LogP contribution in [0.1, 0.15) is 17.2 Å². The lowest BCUT2D eigenvalue weighted by Gasteiger charge is -2.12. The third-order valence-electron chi connectivity index (χ3n) is 3.58. The zero-order chi connectivity index (χ0) is 12.5. The van der Waals surface area contributed by atoms with Crippen molar-refractivity contribution < 1.29 is 9.53 Å². The van der Waals surface area contributed by atoms with Crippen LogP contribution in [0.4, 0.5) is 0 Å². The van der Waals surface area contributed by atoms with Gasteiger partial charge >= 0.3 is 5.97 Å². The van der Waals surface area contributed by atoms with E-state index in [0.717, 1.165) is 24.2 Å². The number of para-hydroxylation sites is 1. The summed E-state index contributed by atoms with van der Waals surface area (Å²) in [6.45, 7) is 1.52. The van der Waals surface area contributed by atoms with Crippen molar-refractivity contribution in [3.05, 3.63) is 35.5 Å². The zero-order valence-electron chi connectivity index (χ0n) is 10.3. The first-order chi connectivity index (χ1) is 8.81. The lowest BCUT2D eigenvalue weighted by molar-refractivity contribution is -0.142. The van der Waals surface area contributed by atoms with Crippen LogP contribution in [-0.4, -0.2) is 31.2 Å². The molecule has 0 amide bonds. The van der Waals surface area contributed by atoms with Crippen molar-refractivity contribution >= 4 is 16.9 Å². The fourth-order valence-electron chi connectivity index (χ4n) is 2.69. The van der Waals surface area contributed by atoms with Crippen molar-refractivity contribution in [3.63, 3.8) is 0 Å². The van der Waals surface area contributed by atoms with Crippen LogP contribution in [0.5, 0.6) is 0 Å². The van der Waals surface area contributed by atoms with Crippen LogP contribution in [0.15, 0.2) is 24.3 Å². The molecule has 3 rings (SSSR count). The number of rotatable bonds is 1. The van der Waals surface area contributed by atoms with Crippen LogP contribution >= 0.6 is 0 Å². The molecule has 0 fully saturated rings. The fraction of sp³-hybridized carbons (Fsp3) is 0.357. The Kier molecular flexibility index (Phi) is 2.80. The number of hydrogen-bond donors (Lipinski definition) is 2. The Morgan fingerprint density at radius 3 is 3.06 bits per heavy atom. The van der Waals surface area contributed by atoms with Gasteiger partial charge in [-0.2, -0.15) is 0 Å². The molecule has 0 bridgehead atoms. The predicted molar refractivity (Wildman–Crippen MR) is 69.6 cm³/mol. The number of carbonyl (C=O) groups excluding carboxylic acids is 1. The summed E-state index contributed by atoms with van der Waals surface area (Å²) in [6.07, 6.45) is 0.937. The first-order valence-corrected chi connectivity index (χ1v) is 6.19. The number of aromatic nitrogens is 1. The number of ether oxygens (including phenoxy) is 1. The van der Waals surface area contributed by atoms with Crippen LogP contribution in [0.25, 0.3) is 10.9 Å². The number of nitrogens with one attached hydrogen (secondary N) is 2. The lowest BCUT2D eigenvalue weighted by atomic mass is 10.00. The van der Waals surface area contributed by atoms with Crippen LogP contribution in [0.2, 0.25) is 0 Å². The maximum atomic E-state index is 11.9. The van der Waals surface area contributed by atoms with Gasteiger partial charge in [-0.15, -0.1) is 0 Å². The smallest absolute Gasteiger partial charge is 0.315 e. The number of methoxy groups -OCH3 is 1. The maximum Gasteiger partial charge on any atom is 0.315 e. The molecule has 1 aliphatic heterocycles. The van der Waals surface area contributed by atoms with Crippen molar-refractivity contribution in [1.29, 1.82) is 0 Å². The molecular weight excluding hydrogens is 228 g/mol. The molecule has 0 spiro atoms. The Hall–Kier alpha value is -1.81. The molecular formula is C14H16N2O2. The second-order valence-corrected chi connectivity index (χ2v) is 4.59. The van der Waals surface area contributed by atoms with E-state index in [2.05, 4.69) is 16.4 Å². The molecule has 18 heavy (non-hydrogen) atoms. The molecule has 1 aliphatic rings. The van der Waals surface area contributed by atoms with Gasteiger partial charge in [0.25, 0.3) is 0 Å². The van der Waals surface area contributed by atoms with E-state index in [4.69, 9.17) is 4.74 Å². The third-order valence-corrected chi connectivity index (χ3v) is 3.58. The summed E-state index contributed by atoms with van der Waals surface area (Å²) in [7, 11) is 1.44. The molecule has 1 atom stereocenters. The van der Waals surface area contributed by atoms with Crippen LogP contribution in [0.3, 0.4) is 0 Å². The topological polar surface area (TPSA) is 54.1 Å². The summed E-state index contributed by atoms with van der Waals surface area (Å²) in [5.74, 6) is -0.419. The number of H-pyrrole nitrogens is 1. The number of carbonyl (C=O) groups is 1. The zero-order valence-corrected chi connectivity index (χ0v) is 10.3. The third kappa shape index (κ3) is 1.69. The first-order valence-electron chi connectivity index (χ1n) is 6.19. The minimum atomic E-state index is -0.236. The van der Waals surface area contributed by atoms with Crippen LogP contribution < -0.4 is 5.32 Å². The molecule has 1 unspecified atom stereocenters. The SMILES string of the molecule is COC(=O)C1CNCCc2c1[nH]c1ccccc21. The molecule has 94 valence electrons. The fourth-order valence-corrected chi connectivity index (χ4v) is 2.69. The molecule has 0 radical (unpaired) electrons. The van der Waals surface area contributed by atoms with E-state index in [-0.39, 0.29) is 11.9 Å². The number of esters is 1. The molecule has 4 heteroatoms. The Balaban J connectivity index is 2.17. The van der Waals surface area contributed by atoms with Crippen molar-refractivity contribution in [1.82, 2.24) is 10.3 Å². The van der Waals surface area contributed by atoms with Gasteiger partial charge in [0.2, 0.25) is 0 Å². The number of fused-ring (bicyclic) bond motifs is 3. The Morgan fingerprint density at radius 2 is 2.22 bits per heavy atom. The largest absolute Gasteiger partial charge is 0.468 e. The van der Waals surface area contributed by atoms with E-state index in [9.17, 15) is 4.79 Å². The van der Waals surface area contributed by atoms with Gasteiger partial charge in [0.05, 0.1) is 7.11 Å². The second kappa shape index (κ2) is 4.46. The Bertz CT molecular complexity index is 588. The van der Waals surface area contributed by atoms with Crippen LogP contribution in [0, 0.1) is 0 Å². The summed E-state index contributed by atoms with van der Waals surface area (Å²) >= 11 is 0. The highest BCUT2D eigenvalue weighted by molar-refractivity contribution is 5.88. The van der Waals surface area contributed by atoms with E-state index in [1.165, 1.54) is 18.1 Å². The molecule has 0 saturated carbocycles. The lowest BCUT2D eigenvalue weighted by Crippen LogP contribution is -2.26. The number of benzene rings is 1. The minimum absolute atomic E-state index is 0.183. The van der Waals surface area contributed by atoms with Gasteiger partial charge in [-0.3, -0.25) is 4.79 Å². The van der Waals surface area contributed by atoms with Gasteiger partial charge in [0.1, 0.15) is 5.92 Å². The Morgan fingerprint density at radius 1 is 1.39 bits per heavy atom. The highest BCUT2D eigenvalue weighted by atomic mass is 16.5. The molecule has 0 aliphatic carbocycles. The number of hydrogen-bond acceptors (Lipinski definition) is 3.